The number of nitrogens with zero attached hydrogens (tertiary/aromatic N) is 3. The highest BCUT2D eigenvalue weighted by Crippen LogP contribution is 2.44. The number of anilines is 1. The first-order valence-corrected chi connectivity index (χ1v) is 10.1. The number of hydrogen-bond donors (Lipinski definition) is 2. The number of fused-ring (bicyclic) bond motifs is 4. The van der Waals surface area contributed by atoms with Crippen molar-refractivity contribution in [2.45, 2.75) is 37.8 Å². The largest absolute Gasteiger partial charge is 0.382 e. The first kappa shape index (κ1) is 16.8. The fourth-order valence-corrected chi connectivity index (χ4v) is 5.62. The Balaban J connectivity index is 1.36. The molecule has 6 heteroatoms. The van der Waals surface area contributed by atoms with Gasteiger partial charge in [-0.15, -0.1) is 0 Å². The number of likely N-dealkylation sites (tertiary alicyclic amines) is 1. The monoisotopic (exact) mass is 365 g/mol. The van der Waals surface area contributed by atoms with Crippen LogP contribution in [0.2, 0.25) is 0 Å². The van der Waals surface area contributed by atoms with Crippen molar-refractivity contribution in [1.29, 1.82) is 0 Å². The van der Waals surface area contributed by atoms with E-state index in [1.807, 2.05) is 4.90 Å². The second-order valence-electron chi connectivity index (χ2n) is 8.40. The Hall–Kier alpha value is -2.34. The number of piperidine rings is 3. The molecule has 2 bridgehead atoms. The average Bonchev–Trinajstić information content (AvgIpc) is 3.14. The van der Waals surface area contributed by atoms with Crippen molar-refractivity contribution in [3.63, 3.8) is 0 Å². The van der Waals surface area contributed by atoms with Crippen LogP contribution in [0.3, 0.4) is 0 Å². The zero-order valence-corrected chi connectivity index (χ0v) is 15.6. The fourth-order valence-electron chi connectivity index (χ4n) is 5.62. The summed E-state index contributed by atoms with van der Waals surface area (Å²) in [6.07, 6.45) is 5.01. The van der Waals surface area contributed by atoms with Crippen LogP contribution >= 0.6 is 0 Å². The predicted octanol–water partition coefficient (Wildman–Crippen LogP) is 2.68. The molecule has 3 fully saturated rings. The molecule has 0 aliphatic carbocycles. The van der Waals surface area contributed by atoms with Crippen LogP contribution in [0, 0.1) is 11.8 Å². The molecule has 0 radical (unpaired) electrons. The number of nitrogens with one attached hydrogen (secondary N) is 1. The van der Waals surface area contributed by atoms with Crippen molar-refractivity contribution >= 4 is 11.7 Å². The van der Waals surface area contributed by atoms with Crippen molar-refractivity contribution in [3.8, 4) is 0 Å². The lowest BCUT2D eigenvalue weighted by atomic mass is 9.74. The molecule has 5 rings (SSSR count). The Morgan fingerprint density at radius 2 is 2.00 bits per heavy atom. The van der Waals surface area contributed by atoms with Gasteiger partial charge in [-0.3, -0.25) is 14.8 Å². The van der Waals surface area contributed by atoms with E-state index in [1.165, 1.54) is 31.2 Å². The van der Waals surface area contributed by atoms with Gasteiger partial charge in [-0.1, -0.05) is 30.3 Å². The maximum absolute atomic E-state index is 12.9. The van der Waals surface area contributed by atoms with Crippen LogP contribution < -0.4 is 5.73 Å². The third kappa shape index (κ3) is 3.02. The standard InChI is InChI=1S/C21H27N5O/c22-20-10-17(23-24-20)21(27)25-11-14-9-16(13-25)19-8-4-7-18(26(19)12-14)15-5-2-1-3-6-15/h1-3,5-6,10,14,16,18-19H,4,7-9,11-13H2,(H3,22,23,24)/t14-,16+,18+,19-/m0/s1. The summed E-state index contributed by atoms with van der Waals surface area (Å²) in [5, 5.41) is 6.69. The normalized spacial score (nSPS) is 30.7. The Morgan fingerprint density at radius 1 is 1.15 bits per heavy atom. The maximum Gasteiger partial charge on any atom is 0.271 e. The van der Waals surface area contributed by atoms with Crippen LogP contribution in [0.25, 0.3) is 0 Å². The molecule has 0 spiro atoms. The van der Waals surface area contributed by atoms with E-state index in [0.717, 1.165) is 19.6 Å². The van der Waals surface area contributed by atoms with Crippen LogP contribution in [0.5, 0.6) is 0 Å². The molecule has 2 aromatic rings. The Labute approximate surface area is 159 Å². The van der Waals surface area contributed by atoms with E-state index < -0.39 is 0 Å². The molecule has 1 aromatic heterocycles. The lowest BCUT2D eigenvalue weighted by Crippen LogP contribution is -2.60. The quantitative estimate of drug-likeness (QED) is 0.858. The molecule has 3 aliphatic rings. The highest BCUT2D eigenvalue weighted by Gasteiger charge is 2.45. The van der Waals surface area contributed by atoms with Crippen LogP contribution in [-0.4, -0.2) is 51.6 Å². The molecule has 3 aliphatic heterocycles. The molecule has 6 nitrogen and oxygen atoms in total. The van der Waals surface area contributed by atoms with Crippen molar-refractivity contribution < 1.29 is 4.79 Å². The number of hydrogen-bond acceptors (Lipinski definition) is 4. The van der Waals surface area contributed by atoms with E-state index in [0.29, 0.717) is 35.4 Å². The SMILES string of the molecule is Nc1cc(C(=O)N2C[C@@H]3C[C@H](C2)[C@@H]2CCC[C@H](c4ccccc4)N2C3)[nH]n1. The van der Waals surface area contributed by atoms with E-state index in [9.17, 15) is 4.79 Å². The van der Waals surface area contributed by atoms with Crippen molar-refractivity contribution in [3.05, 3.63) is 47.7 Å². The zero-order valence-electron chi connectivity index (χ0n) is 15.6. The molecule has 142 valence electrons. The van der Waals surface area contributed by atoms with Gasteiger partial charge in [0.25, 0.3) is 5.91 Å². The number of rotatable bonds is 2. The number of nitrogens with two attached hydrogens (primary N) is 1. The molecule has 27 heavy (non-hydrogen) atoms. The molecule has 0 saturated carbocycles. The van der Waals surface area contributed by atoms with Gasteiger partial charge in [0.05, 0.1) is 0 Å². The van der Waals surface area contributed by atoms with Gasteiger partial charge in [0.2, 0.25) is 0 Å². The van der Waals surface area contributed by atoms with E-state index >= 15 is 0 Å². The van der Waals surface area contributed by atoms with Gasteiger partial charge in [-0.2, -0.15) is 5.10 Å². The van der Waals surface area contributed by atoms with Crippen LogP contribution in [0.4, 0.5) is 5.82 Å². The Kier molecular flexibility index (Phi) is 4.16. The number of amides is 1. The first-order chi connectivity index (χ1) is 13.2. The summed E-state index contributed by atoms with van der Waals surface area (Å²) in [7, 11) is 0. The predicted molar refractivity (Wildman–Crippen MR) is 104 cm³/mol. The molecular weight excluding hydrogens is 338 g/mol. The summed E-state index contributed by atoms with van der Waals surface area (Å²) in [6.45, 7) is 2.77. The van der Waals surface area contributed by atoms with Crippen molar-refractivity contribution in [2.75, 3.05) is 25.4 Å². The summed E-state index contributed by atoms with van der Waals surface area (Å²) in [5.41, 5.74) is 7.63. The molecule has 4 heterocycles. The van der Waals surface area contributed by atoms with Gasteiger partial charge < -0.3 is 10.6 Å². The topological polar surface area (TPSA) is 78.3 Å². The molecule has 3 saturated heterocycles. The van der Waals surface area contributed by atoms with Crippen LogP contribution in [0.15, 0.2) is 36.4 Å². The van der Waals surface area contributed by atoms with E-state index in [2.05, 4.69) is 45.4 Å². The molecule has 1 aromatic carbocycles. The summed E-state index contributed by atoms with van der Waals surface area (Å²) < 4.78 is 0. The first-order valence-electron chi connectivity index (χ1n) is 10.1. The highest BCUT2D eigenvalue weighted by atomic mass is 16.2. The molecule has 1 amide bonds. The Bertz CT molecular complexity index is 819. The zero-order chi connectivity index (χ0) is 18.4. The number of nitrogen functional groups attached to an aromatic ring is 1. The number of carbonyl (C=O) groups is 1. The lowest BCUT2D eigenvalue weighted by Gasteiger charge is -2.55. The van der Waals surface area contributed by atoms with Gasteiger partial charge in [-0.05, 0) is 43.1 Å². The van der Waals surface area contributed by atoms with E-state index in [1.54, 1.807) is 6.07 Å². The molecule has 0 unspecified atom stereocenters. The van der Waals surface area contributed by atoms with Gasteiger partial charge in [-0.25, -0.2) is 0 Å². The maximum atomic E-state index is 12.9. The number of carbonyl (C=O) groups excluding carboxylic acids is 1. The van der Waals surface area contributed by atoms with Crippen molar-refractivity contribution in [1.82, 2.24) is 20.0 Å². The molecule has 4 atom stereocenters. The summed E-state index contributed by atoms with van der Waals surface area (Å²) >= 11 is 0. The summed E-state index contributed by atoms with van der Waals surface area (Å²) in [6, 6.07) is 13.7. The minimum Gasteiger partial charge on any atom is -0.382 e. The smallest absolute Gasteiger partial charge is 0.271 e. The third-order valence-corrected chi connectivity index (χ3v) is 6.69. The van der Waals surface area contributed by atoms with Gasteiger partial charge in [0, 0.05) is 37.8 Å². The minimum absolute atomic E-state index is 0.0396. The minimum atomic E-state index is 0.0396. The second-order valence-corrected chi connectivity index (χ2v) is 8.40. The fraction of sp³-hybridized carbons (Fsp3) is 0.524. The average molecular weight is 365 g/mol. The van der Waals surface area contributed by atoms with Gasteiger partial charge >= 0.3 is 0 Å². The molecular formula is C21H27N5O. The number of aromatic amines is 1. The third-order valence-electron chi connectivity index (χ3n) is 6.69. The van der Waals surface area contributed by atoms with Crippen LogP contribution in [-0.2, 0) is 0 Å². The van der Waals surface area contributed by atoms with Gasteiger partial charge in [0.1, 0.15) is 11.5 Å². The van der Waals surface area contributed by atoms with E-state index in [-0.39, 0.29) is 5.91 Å². The number of H-pyrrole nitrogens is 1. The summed E-state index contributed by atoms with van der Waals surface area (Å²) in [4.78, 5) is 17.7. The number of benzene rings is 1. The van der Waals surface area contributed by atoms with Crippen LogP contribution in [0.1, 0.15) is 47.8 Å². The van der Waals surface area contributed by atoms with Gasteiger partial charge in [0.15, 0.2) is 0 Å². The number of aromatic nitrogens is 2. The molecule has 3 N–H and O–H groups in total. The van der Waals surface area contributed by atoms with E-state index in [4.69, 9.17) is 5.73 Å². The van der Waals surface area contributed by atoms with Crippen molar-refractivity contribution in [2.24, 2.45) is 11.8 Å². The highest BCUT2D eigenvalue weighted by molar-refractivity contribution is 5.93. The summed E-state index contributed by atoms with van der Waals surface area (Å²) in [5.74, 6) is 1.53. The lowest BCUT2D eigenvalue weighted by molar-refractivity contribution is -0.0512. The second kappa shape index (κ2) is 6.68. The Morgan fingerprint density at radius 3 is 2.78 bits per heavy atom.